The number of pyridine rings is 1. The SMILES string of the molecule is C=CCOc1ccc(/C=C/C(=O)N2CCN(c3ccc(C(F)(F)F)c[nH+]3)CC2)cc1. The second-order valence-electron chi connectivity index (χ2n) is 6.77. The molecule has 2 aromatic rings. The molecule has 0 aliphatic carbocycles. The first-order chi connectivity index (χ1) is 14.4. The number of halogens is 3. The van der Waals surface area contributed by atoms with E-state index in [1.54, 1.807) is 17.1 Å². The molecule has 5 nitrogen and oxygen atoms in total. The minimum absolute atomic E-state index is 0.0990. The van der Waals surface area contributed by atoms with Crippen molar-refractivity contribution in [2.75, 3.05) is 37.7 Å². The number of piperazine rings is 1. The van der Waals surface area contributed by atoms with Crippen LogP contribution in [-0.2, 0) is 11.0 Å². The Kier molecular flexibility index (Phi) is 6.76. The Morgan fingerprint density at radius 1 is 1.10 bits per heavy atom. The van der Waals surface area contributed by atoms with E-state index in [0.717, 1.165) is 23.6 Å². The van der Waals surface area contributed by atoms with Crippen LogP contribution in [-0.4, -0.2) is 43.6 Å². The monoisotopic (exact) mass is 418 g/mol. The Morgan fingerprint density at radius 2 is 1.80 bits per heavy atom. The van der Waals surface area contributed by atoms with Crippen molar-refractivity contribution in [3.63, 3.8) is 0 Å². The third kappa shape index (κ3) is 5.62. The number of hydrogen-bond acceptors (Lipinski definition) is 3. The van der Waals surface area contributed by atoms with Crippen LogP contribution >= 0.6 is 0 Å². The highest BCUT2D eigenvalue weighted by atomic mass is 19.4. The summed E-state index contributed by atoms with van der Waals surface area (Å²) in [5.74, 6) is 1.23. The summed E-state index contributed by atoms with van der Waals surface area (Å²) in [5, 5.41) is 0. The van der Waals surface area contributed by atoms with Crippen LogP contribution in [0.3, 0.4) is 0 Å². The van der Waals surface area contributed by atoms with Gasteiger partial charge in [0.1, 0.15) is 31.6 Å². The molecule has 1 N–H and O–H groups in total. The van der Waals surface area contributed by atoms with E-state index < -0.39 is 11.7 Å². The molecule has 1 aliphatic rings. The summed E-state index contributed by atoms with van der Waals surface area (Å²) in [7, 11) is 0. The van der Waals surface area contributed by atoms with Crippen LogP contribution in [0.15, 0.2) is 61.3 Å². The average Bonchev–Trinajstić information content (AvgIpc) is 2.76. The summed E-state index contributed by atoms with van der Waals surface area (Å²) in [4.78, 5) is 18.8. The standard InChI is InChI=1S/C22H22F3N3O2/c1-2-15-30-19-7-3-17(4-8-19)5-10-21(29)28-13-11-27(12-14-28)20-9-6-18(16-26-20)22(23,24)25/h2-10,16H,1,11-15H2/p+1/b10-5+. The third-order valence-corrected chi connectivity index (χ3v) is 4.72. The van der Waals surface area contributed by atoms with E-state index in [2.05, 4.69) is 11.6 Å². The fourth-order valence-electron chi connectivity index (χ4n) is 3.06. The Hall–Kier alpha value is -3.29. The number of benzene rings is 1. The van der Waals surface area contributed by atoms with E-state index in [4.69, 9.17) is 4.74 Å². The highest BCUT2D eigenvalue weighted by molar-refractivity contribution is 5.92. The number of carbonyl (C=O) groups excluding carboxylic acids is 1. The third-order valence-electron chi connectivity index (χ3n) is 4.72. The number of ether oxygens (including phenoxy) is 1. The molecule has 1 aliphatic heterocycles. The summed E-state index contributed by atoms with van der Waals surface area (Å²) >= 11 is 0. The number of aromatic nitrogens is 1. The summed E-state index contributed by atoms with van der Waals surface area (Å²) < 4.78 is 43.4. The van der Waals surface area contributed by atoms with Gasteiger partial charge >= 0.3 is 6.18 Å². The minimum Gasteiger partial charge on any atom is -0.490 e. The second-order valence-corrected chi connectivity index (χ2v) is 6.77. The molecule has 0 bridgehead atoms. The fraction of sp³-hybridized carbons (Fsp3) is 0.273. The van der Waals surface area contributed by atoms with Crippen molar-refractivity contribution in [2.24, 2.45) is 0 Å². The number of hydrogen-bond donors (Lipinski definition) is 0. The lowest BCUT2D eigenvalue weighted by Gasteiger charge is -2.30. The fourth-order valence-corrected chi connectivity index (χ4v) is 3.06. The molecule has 0 radical (unpaired) electrons. The Balaban J connectivity index is 1.51. The molecule has 1 amide bonds. The van der Waals surface area contributed by atoms with Crippen molar-refractivity contribution >= 4 is 17.8 Å². The lowest BCUT2D eigenvalue weighted by molar-refractivity contribution is -0.367. The van der Waals surface area contributed by atoms with E-state index in [-0.39, 0.29) is 5.91 Å². The predicted octanol–water partition coefficient (Wildman–Crippen LogP) is 3.45. The van der Waals surface area contributed by atoms with Gasteiger partial charge in [-0.3, -0.25) is 9.69 Å². The molecule has 1 aromatic heterocycles. The van der Waals surface area contributed by atoms with Crippen LogP contribution in [0.2, 0.25) is 0 Å². The molecule has 0 atom stereocenters. The molecule has 1 saturated heterocycles. The van der Waals surface area contributed by atoms with Gasteiger partial charge in [0.25, 0.3) is 5.82 Å². The van der Waals surface area contributed by atoms with Gasteiger partial charge in [0.05, 0.1) is 18.7 Å². The summed E-state index contributed by atoms with van der Waals surface area (Å²) in [6, 6.07) is 9.85. The number of anilines is 1. The van der Waals surface area contributed by atoms with Gasteiger partial charge in [-0.05, 0) is 29.8 Å². The van der Waals surface area contributed by atoms with Gasteiger partial charge in [-0.15, -0.1) is 0 Å². The number of carbonyl (C=O) groups is 1. The second kappa shape index (κ2) is 9.47. The van der Waals surface area contributed by atoms with Crippen molar-refractivity contribution in [3.05, 3.63) is 72.5 Å². The lowest BCUT2D eigenvalue weighted by atomic mass is 10.2. The van der Waals surface area contributed by atoms with E-state index in [0.29, 0.717) is 38.6 Å². The summed E-state index contributed by atoms with van der Waals surface area (Å²) in [6.07, 6.45) is 1.53. The molecule has 1 aromatic carbocycles. The Morgan fingerprint density at radius 3 is 2.37 bits per heavy atom. The zero-order valence-corrected chi connectivity index (χ0v) is 16.4. The number of alkyl halides is 3. The maximum absolute atomic E-state index is 12.7. The molecule has 30 heavy (non-hydrogen) atoms. The van der Waals surface area contributed by atoms with Crippen LogP contribution in [0.1, 0.15) is 11.1 Å². The van der Waals surface area contributed by atoms with Gasteiger partial charge < -0.3 is 9.64 Å². The summed E-state index contributed by atoms with van der Waals surface area (Å²) in [6.45, 7) is 6.09. The first-order valence-corrected chi connectivity index (χ1v) is 9.51. The summed E-state index contributed by atoms with van der Waals surface area (Å²) in [5.41, 5.74) is 0.165. The first-order valence-electron chi connectivity index (χ1n) is 9.51. The van der Waals surface area contributed by atoms with Gasteiger partial charge in [-0.25, -0.2) is 4.98 Å². The van der Waals surface area contributed by atoms with Gasteiger partial charge in [0.2, 0.25) is 5.91 Å². The molecule has 3 rings (SSSR count). The molecule has 2 heterocycles. The highest BCUT2D eigenvalue weighted by Crippen LogP contribution is 2.28. The number of nitrogens with zero attached hydrogens (tertiary/aromatic N) is 2. The topological polar surface area (TPSA) is 46.9 Å². The number of aromatic amines is 1. The van der Waals surface area contributed by atoms with Gasteiger partial charge in [-0.2, -0.15) is 13.2 Å². The van der Waals surface area contributed by atoms with Crippen LogP contribution in [0.25, 0.3) is 6.08 Å². The van der Waals surface area contributed by atoms with E-state index >= 15 is 0 Å². The number of amides is 1. The molecule has 0 unspecified atom stereocenters. The van der Waals surface area contributed by atoms with Crippen molar-refractivity contribution in [2.45, 2.75) is 6.18 Å². The van der Waals surface area contributed by atoms with Crippen molar-refractivity contribution < 1.29 is 27.7 Å². The zero-order valence-electron chi connectivity index (χ0n) is 16.4. The van der Waals surface area contributed by atoms with Crippen LogP contribution < -0.4 is 14.6 Å². The van der Waals surface area contributed by atoms with Crippen LogP contribution in [0, 0.1) is 0 Å². The molecular weight excluding hydrogens is 395 g/mol. The number of rotatable bonds is 6. The van der Waals surface area contributed by atoms with Gasteiger partial charge in [0, 0.05) is 12.1 Å². The number of H-pyrrole nitrogens is 1. The predicted molar refractivity (Wildman–Crippen MR) is 108 cm³/mol. The minimum atomic E-state index is -4.37. The molecule has 0 saturated carbocycles. The maximum Gasteiger partial charge on any atom is 0.419 e. The smallest absolute Gasteiger partial charge is 0.419 e. The van der Waals surface area contributed by atoms with Gasteiger partial charge in [0.15, 0.2) is 0 Å². The molecule has 158 valence electrons. The lowest BCUT2D eigenvalue weighted by Crippen LogP contribution is -2.49. The van der Waals surface area contributed by atoms with Crippen molar-refractivity contribution in [1.82, 2.24) is 4.90 Å². The Bertz CT molecular complexity index is 885. The largest absolute Gasteiger partial charge is 0.490 e. The van der Waals surface area contributed by atoms with Crippen LogP contribution in [0.4, 0.5) is 19.0 Å². The average molecular weight is 418 g/mol. The molecule has 1 fully saturated rings. The normalized spacial score (nSPS) is 14.8. The zero-order chi connectivity index (χ0) is 21.6. The first kappa shape index (κ1) is 21.4. The quantitative estimate of drug-likeness (QED) is 0.533. The Labute approximate surface area is 173 Å². The van der Waals surface area contributed by atoms with E-state index in [1.165, 1.54) is 12.1 Å². The van der Waals surface area contributed by atoms with E-state index in [9.17, 15) is 18.0 Å². The van der Waals surface area contributed by atoms with Crippen molar-refractivity contribution in [1.29, 1.82) is 0 Å². The van der Waals surface area contributed by atoms with Gasteiger partial charge in [-0.1, -0.05) is 24.8 Å². The van der Waals surface area contributed by atoms with Crippen LogP contribution in [0.5, 0.6) is 5.75 Å². The highest BCUT2D eigenvalue weighted by Gasteiger charge is 2.32. The van der Waals surface area contributed by atoms with Crippen molar-refractivity contribution in [3.8, 4) is 5.75 Å². The molecule has 0 spiro atoms. The van der Waals surface area contributed by atoms with E-state index in [1.807, 2.05) is 29.2 Å². The molecule has 8 heteroatoms. The molecular formula is C22H23F3N3O2+. The maximum atomic E-state index is 12.7. The number of nitrogens with one attached hydrogen (secondary N) is 1.